The van der Waals surface area contributed by atoms with Crippen LogP contribution in [0.5, 0.6) is 5.75 Å². The summed E-state index contributed by atoms with van der Waals surface area (Å²) in [5.41, 5.74) is 2.16. The molecular formula is C18H16N2O3S2. The summed E-state index contributed by atoms with van der Waals surface area (Å²) in [5.74, 6) is 0.384. The van der Waals surface area contributed by atoms with Crippen LogP contribution in [-0.4, -0.2) is 29.3 Å². The number of esters is 1. The Bertz CT molecular complexity index is 880. The summed E-state index contributed by atoms with van der Waals surface area (Å²) in [6.45, 7) is 0.127. The van der Waals surface area contributed by atoms with Crippen LogP contribution in [0.4, 0.5) is 0 Å². The van der Waals surface area contributed by atoms with Gasteiger partial charge >= 0.3 is 5.97 Å². The SMILES string of the molecule is COc1cccc(-c2nc(COC(=O)c3cccnc3SC)cs2)c1. The normalized spacial score (nSPS) is 10.5. The molecule has 7 heteroatoms. The predicted molar refractivity (Wildman–Crippen MR) is 99.2 cm³/mol. The molecule has 3 rings (SSSR count). The summed E-state index contributed by atoms with van der Waals surface area (Å²) in [6.07, 6.45) is 3.53. The van der Waals surface area contributed by atoms with Crippen molar-refractivity contribution in [2.75, 3.05) is 13.4 Å². The van der Waals surface area contributed by atoms with E-state index in [1.165, 1.54) is 23.1 Å². The summed E-state index contributed by atoms with van der Waals surface area (Å²) >= 11 is 2.92. The first-order valence-electron chi connectivity index (χ1n) is 7.46. The molecule has 0 aliphatic heterocycles. The van der Waals surface area contributed by atoms with Gasteiger partial charge < -0.3 is 9.47 Å². The van der Waals surface area contributed by atoms with Gasteiger partial charge in [-0.25, -0.2) is 14.8 Å². The molecule has 0 saturated heterocycles. The molecule has 0 aliphatic rings. The lowest BCUT2D eigenvalue weighted by Gasteiger charge is -2.05. The van der Waals surface area contributed by atoms with Crippen molar-refractivity contribution in [2.24, 2.45) is 0 Å². The van der Waals surface area contributed by atoms with Crippen molar-refractivity contribution in [3.63, 3.8) is 0 Å². The molecule has 0 radical (unpaired) electrons. The lowest BCUT2D eigenvalue weighted by molar-refractivity contribution is 0.0463. The molecule has 1 aromatic carbocycles. The quantitative estimate of drug-likeness (QED) is 0.475. The van der Waals surface area contributed by atoms with Crippen molar-refractivity contribution in [2.45, 2.75) is 11.6 Å². The number of methoxy groups -OCH3 is 1. The van der Waals surface area contributed by atoms with Crippen LogP contribution in [0, 0.1) is 0 Å². The molecule has 25 heavy (non-hydrogen) atoms. The van der Waals surface area contributed by atoms with Gasteiger partial charge in [0.15, 0.2) is 0 Å². The van der Waals surface area contributed by atoms with E-state index in [0.717, 1.165) is 16.3 Å². The fourth-order valence-electron chi connectivity index (χ4n) is 2.19. The number of benzene rings is 1. The smallest absolute Gasteiger partial charge is 0.341 e. The highest BCUT2D eigenvalue weighted by atomic mass is 32.2. The summed E-state index contributed by atoms with van der Waals surface area (Å²) in [4.78, 5) is 20.9. The summed E-state index contributed by atoms with van der Waals surface area (Å²) in [5, 5.41) is 3.40. The number of thiazole rings is 1. The number of carbonyl (C=O) groups is 1. The first kappa shape index (κ1) is 17.4. The first-order valence-corrected chi connectivity index (χ1v) is 9.56. The molecule has 3 aromatic rings. The van der Waals surface area contributed by atoms with Gasteiger partial charge in [0.2, 0.25) is 0 Å². The molecule has 0 atom stereocenters. The van der Waals surface area contributed by atoms with Crippen molar-refractivity contribution in [3.8, 4) is 16.3 Å². The molecule has 5 nitrogen and oxygen atoms in total. The zero-order valence-electron chi connectivity index (χ0n) is 13.8. The van der Waals surface area contributed by atoms with Gasteiger partial charge in [0.25, 0.3) is 0 Å². The highest BCUT2D eigenvalue weighted by Gasteiger charge is 2.14. The van der Waals surface area contributed by atoms with E-state index in [9.17, 15) is 4.79 Å². The minimum absolute atomic E-state index is 0.127. The Morgan fingerprint density at radius 2 is 2.16 bits per heavy atom. The summed E-state index contributed by atoms with van der Waals surface area (Å²) in [7, 11) is 1.63. The number of hydrogen-bond donors (Lipinski definition) is 0. The van der Waals surface area contributed by atoms with Gasteiger partial charge in [-0.2, -0.15) is 0 Å². The third kappa shape index (κ3) is 4.18. The van der Waals surface area contributed by atoms with Gasteiger partial charge in [-0.05, 0) is 30.5 Å². The molecule has 0 spiro atoms. The zero-order chi connectivity index (χ0) is 17.6. The molecule has 0 bridgehead atoms. The van der Waals surface area contributed by atoms with Crippen LogP contribution in [0.3, 0.4) is 0 Å². The second-order valence-corrected chi connectivity index (χ2v) is 6.67. The Balaban J connectivity index is 1.68. The van der Waals surface area contributed by atoms with Crippen LogP contribution < -0.4 is 4.74 Å². The third-order valence-electron chi connectivity index (χ3n) is 3.40. The monoisotopic (exact) mass is 372 g/mol. The number of hydrogen-bond acceptors (Lipinski definition) is 7. The summed E-state index contributed by atoms with van der Waals surface area (Å²) < 4.78 is 10.6. The van der Waals surface area contributed by atoms with Crippen molar-refractivity contribution in [1.82, 2.24) is 9.97 Å². The van der Waals surface area contributed by atoms with Gasteiger partial charge in [-0.3, -0.25) is 0 Å². The first-order chi connectivity index (χ1) is 12.2. The maximum absolute atomic E-state index is 12.2. The molecule has 2 heterocycles. The van der Waals surface area contributed by atoms with E-state index < -0.39 is 5.97 Å². The fraction of sp³-hybridized carbons (Fsp3) is 0.167. The van der Waals surface area contributed by atoms with E-state index in [1.807, 2.05) is 35.9 Å². The van der Waals surface area contributed by atoms with E-state index >= 15 is 0 Å². The molecule has 0 saturated carbocycles. The Kier molecular flexibility index (Phi) is 5.67. The van der Waals surface area contributed by atoms with Gasteiger partial charge in [-0.1, -0.05) is 12.1 Å². The van der Waals surface area contributed by atoms with E-state index in [2.05, 4.69) is 9.97 Å². The van der Waals surface area contributed by atoms with Crippen LogP contribution in [0.2, 0.25) is 0 Å². The predicted octanol–water partition coefficient (Wildman–Crippen LogP) is 4.29. The number of nitrogens with zero attached hydrogens (tertiary/aromatic N) is 2. The number of rotatable bonds is 6. The molecule has 2 aromatic heterocycles. The van der Waals surface area contributed by atoms with E-state index in [-0.39, 0.29) is 6.61 Å². The fourth-order valence-corrected chi connectivity index (χ4v) is 3.53. The molecule has 0 unspecified atom stereocenters. The van der Waals surface area contributed by atoms with Crippen LogP contribution >= 0.6 is 23.1 Å². The van der Waals surface area contributed by atoms with Crippen LogP contribution in [0.25, 0.3) is 10.6 Å². The number of carbonyl (C=O) groups excluding carboxylic acids is 1. The van der Waals surface area contributed by atoms with Crippen molar-refractivity contribution < 1.29 is 14.3 Å². The standard InChI is InChI=1S/C18H16N2O3S2/c1-22-14-6-3-5-12(9-14)16-20-13(11-25-16)10-23-18(21)15-7-4-8-19-17(15)24-2/h3-9,11H,10H2,1-2H3. The maximum atomic E-state index is 12.2. The number of ether oxygens (including phenoxy) is 2. The number of thioether (sulfide) groups is 1. The minimum Gasteiger partial charge on any atom is -0.497 e. The zero-order valence-corrected chi connectivity index (χ0v) is 15.4. The summed E-state index contributed by atoms with van der Waals surface area (Å²) in [6, 6.07) is 11.1. The van der Waals surface area contributed by atoms with Crippen LogP contribution in [0.15, 0.2) is 53.0 Å². The number of pyridine rings is 1. The molecule has 0 amide bonds. The topological polar surface area (TPSA) is 61.3 Å². The van der Waals surface area contributed by atoms with Crippen molar-refractivity contribution in [3.05, 3.63) is 59.2 Å². The Morgan fingerprint density at radius 3 is 2.96 bits per heavy atom. The average Bonchev–Trinajstić information content (AvgIpc) is 3.15. The maximum Gasteiger partial charge on any atom is 0.341 e. The highest BCUT2D eigenvalue weighted by Crippen LogP contribution is 2.27. The third-order valence-corrected chi connectivity index (χ3v) is 5.06. The van der Waals surface area contributed by atoms with E-state index in [0.29, 0.717) is 16.3 Å². The van der Waals surface area contributed by atoms with Crippen LogP contribution in [-0.2, 0) is 11.3 Å². The van der Waals surface area contributed by atoms with Gasteiger partial charge in [0.05, 0.1) is 18.4 Å². The van der Waals surface area contributed by atoms with Crippen molar-refractivity contribution in [1.29, 1.82) is 0 Å². The van der Waals surface area contributed by atoms with E-state index in [1.54, 1.807) is 25.4 Å². The second kappa shape index (κ2) is 8.13. The molecule has 0 aliphatic carbocycles. The number of aromatic nitrogens is 2. The lowest BCUT2D eigenvalue weighted by atomic mass is 10.2. The van der Waals surface area contributed by atoms with Crippen molar-refractivity contribution >= 4 is 29.1 Å². The Morgan fingerprint density at radius 1 is 1.28 bits per heavy atom. The highest BCUT2D eigenvalue weighted by molar-refractivity contribution is 7.98. The van der Waals surface area contributed by atoms with Crippen LogP contribution in [0.1, 0.15) is 16.1 Å². The van der Waals surface area contributed by atoms with Gasteiger partial charge in [0.1, 0.15) is 22.4 Å². The lowest BCUT2D eigenvalue weighted by Crippen LogP contribution is -2.07. The largest absolute Gasteiger partial charge is 0.497 e. The molecular weight excluding hydrogens is 356 g/mol. The minimum atomic E-state index is -0.395. The Hall–Kier alpha value is -2.38. The Labute approximate surface area is 154 Å². The van der Waals surface area contributed by atoms with Gasteiger partial charge in [-0.15, -0.1) is 23.1 Å². The van der Waals surface area contributed by atoms with Gasteiger partial charge in [0, 0.05) is 17.1 Å². The second-order valence-electron chi connectivity index (χ2n) is 5.01. The molecule has 0 fully saturated rings. The van der Waals surface area contributed by atoms with E-state index in [4.69, 9.17) is 9.47 Å². The molecule has 128 valence electrons. The molecule has 0 N–H and O–H groups in total. The average molecular weight is 372 g/mol.